The summed E-state index contributed by atoms with van der Waals surface area (Å²) in [4.78, 5) is 18.2. The molecule has 2 aliphatic rings. The molecule has 4 rings (SSSR count). The number of nitrogens with two attached hydrogens (primary N) is 1. The molecule has 0 unspecified atom stereocenters. The lowest BCUT2D eigenvalue weighted by Gasteiger charge is -2.37. The van der Waals surface area contributed by atoms with Crippen LogP contribution in [0.4, 0.5) is 22.7 Å². The monoisotopic (exact) mass is 398 g/mol. The van der Waals surface area contributed by atoms with Crippen LogP contribution >= 0.6 is 0 Å². The van der Waals surface area contributed by atoms with Crippen molar-refractivity contribution in [2.75, 3.05) is 74.2 Å². The van der Waals surface area contributed by atoms with Crippen LogP contribution < -0.4 is 24.8 Å². The van der Waals surface area contributed by atoms with E-state index >= 15 is 0 Å². The first-order chi connectivity index (χ1) is 14.2. The van der Waals surface area contributed by atoms with Crippen LogP contribution in [0.3, 0.4) is 0 Å². The molecule has 2 fully saturated rings. The van der Waals surface area contributed by atoms with Crippen molar-refractivity contribution in [1.82, 2.24) is 0 Å². The lowest BCUT2D eigenvalue weighted by molar-refractivity contribution is -0.655. The van der Waals surface area contributed by atoms with Gasteiger partial charge in [0.1, 0.15) is 11.4 Å². The quantitative estimate of drug-likeness (QED) is 0.605. The molecule has 2 saturated heterocycles. The van der Waals surface area contributed by atoms with Crippen molar-refractivity contribution in [3.63, 3.8) is 0 Å². The molecule has 0 spiro atoms. The summed E-state index contributed by atoms with van der Waals surface area (Å²) >= 11 is 0. The molecule has 0 aliphatic carbocycles. The highest BCUT2D eigenvalue weighted by molar-refractivity contribution is 5.71. The first-order valence-electron chi connectivity index (χ1n) is 10.1. The number of methoxy groups -OCH3 is 1. The second kappa shape index (κ2) is 8.57. The predicted octanol–water partition coefficient (Wildman–Crippen LogP) is 1.31. The fourth-order valence-corrected chi connectivity index (χ4v) is 4.12. The molecular formula is C21H28N5O3+. The van der Waals surface area contributed by atoms with Crippen LogP contribution in [0, 0.1) is 10.1 Å². The van der Waals surface area contributed by atoms with E-state index in [1.807, 2.05) is 24.3 Å². The van der Waals surface area contributed by atoms with Crippen LogP contribution in [0.5, 0.6) is 5.75 Å². The van der Waals surface area contributed by atoms with Gasteiger partial charge in [0.05, 0.1) is 38.2 Å². The third-order valence-electron chi connectivity index (χ3n) is 5.79. The van der Waals surface area contributed by atoms with E-state index < -0.39 is 0 Å². The Labute approximate surface area is 170 Å². The summed E-state index contributed by atoms with van der Waals surface area (Å²) in [5.74, 6) is 0.843. The highest BCUT2D eigenvalue weighted by Gasteiger charge is 2.25. The van der Waals surface area contributed by atoms with Gasteiger partial charge in [-0.3, -0.25) is 10.1 Å². The lowest BCUT2D eigenvalue weighted by atomic mass is 10.1. The average molecular weight is 398 g/mol. The predicted molar refractivity (Wildman–Crippen MR) is 114 cm³/mol. The van der Waals surface area contributed by atoms with Crippen molar-refractivity contribution in [1.29, 1.82) is 0 Å². The average Bonchev–Trinajstić information content (AvgIpc) is 2.79. The molecule has 0 saturated carbocycles. The first kappa shape index (κ1) is 19.3. The summed E-state index contributed by atoms with van der Waals surface area (Å²) in [6.07, 6.45) is 0. The van der Waals surface area contributed by atoms with Crippen molar-refractivity contribution < 1.29 is 15.0 Å². The number of ether oxygens (including phenoxy) is 1. The Hall–Kier alpha value is -3.00. The number of nitrogens with zero attached hydrogens (tertiary/aromatic N) is 4. The van der Waals surface area contributed by atoms with E-state index in [2.05, 4.69) is 32.1 Å². The maximum Gasteiger partial charge on any atom is 0.292 e. The number of rotatable bonds is 5. The fourth-order valence-electron chi connectivity index (χ4n) is 4.12. The molecule has 2 aliphatic heterocycles. The summed E-state index contributed by atoms with van der Waals surface area (Å²) in [5.41, 5.74) is 3.15. The largest absolute Gasteiger partial charge is 0.497 e. The summed E-state index contributed by atoms with van der Waals surface area (Å²) in [6, 6.07) is 13.6. The minimum Gasteiger partial charge on any atom is -0.497 e. The first-order valence-corrected chi connectivity index (χ1v) is 10.1. The van der Waals surface area contributed by atoms with Crippen molar-refractivity contribution in [2.24, 2.45) is 0 Å². The molecule has 2 aromatic carbocycles. The molecule has 29 heavy (non-hydrogen) atoms. The second-order valence-electron chi connectivity index (χ2n) is 7.46. The molecule has 2 N–H and O–H groups in total. The number of hydrogen-bond acceptors (Lipinski definition) is 6. The number of benzene rings is 2. The van der Waals surface area contributed by atoms with Gasteiger partial charge >= 0.3 is 0 Å². The van der Waals surface area contributed by atoms with E-state index in [4.69, 9.17) is 4.74 Å². The van der Waals surface area contributed by atoms with Gasteiger partial charge in [-0.1, -0.05) is 0 Å². The molecule has 0 atom stereocenters. The normalized spacial score (nSPS) is 17.3. The zero-order chi connectivity index (χ0) is 20.2. The van der Waals surface area contributed by atoms with Gasteiger partial charge in [0.25, 0.3) is 5.69 Å². The van der Waals surface area contributed by atoms with E-state index in [-0.39, 0.29) is 10.6 Å². The van der Waals surface area contributed by atoms with Crippen molar-refractivity contribution in [3.05, 3.63) is 52.6 Å². The van der Waals surface area contributed by atoms with Crippen LogP contribution in [0.15, 0.2) is 42.5 Å². The van der Waals surface area contributed by atoms with E-state index in [9.17, 15) is 10.1 Å². The van der Waals surface area contributed by atoms with Crippen molar-refractivity contribution >= 4 is 22.7 Å². The Morgan fingerprint density at radius 3 is 2.07 bits per heavy atom. The van der Waals surface area contributed by atoms with E-state index in [0.29, 0.717) is 0 Å². The molecule has 0 bridgehead atoms. The molecular weight excluding hydrogens is 370 g/mol. The molecule has 8 nitrogen and oxygen atoms in total. The maximum absolute atomic E-state index is 11.6. The summed E-state index contributed by atoms with van der Waals surface area (Å²) in [5, 5.41) is 13.9. The van der Waals surface area contributed by atoms with Gasteiger partial charge in [0.15, 0.2) is 0 Å². The number of nitro groups is 1. The van der Waals surface area contributed by atoms with Crippen LogP contribution in [-0.4, -0.2) is 64.4 Å². The van der Waals surface area contributed by atoms with Crippen LogP contribution in [0.2, 0.25) is 0 Å². The molecule has 0 radical (unpaired) electrons. The highest BCUT2D eigenvalue weighted by atomic mass is 16.6. The van der Waals surface area contributed by atoms with Gasteiger partial charge in [0.2, 0.25) is 0 Å². The molecule has 2 heterocycles. The Kier molecular flexibility index (Phi) is 5.71. The van der Waals surface area contributed by atoms with Gasteiger partial charge in [-0.05, 0) is 36.4 Å². The molecule has 2 aromatic rings. The molecule has 0 amide bonds. The van der Waals surface area contributed by atoms with Crippen LogP contribution in [-0.2, 0) is 0 Å². The van der Waals surface area contributed by atoms with Gasteiger partial charge in [-0.25, -0.2) is 0 Å². The number of hydrogen-bond donors (Lipinski definition) is 1. The maximum atomic E-state index is 11.6. The minimum atomic E-state index is -0.265. The van der Waals surface area contributed by atoms with Crippen LogP contribution in [0.25, 0.3) is 0 Å². The van der Waals surface area contributed by atoms with Crippen LogP contribution in [0.1, 0.15) is 0 Å². The Morgan fingerprint density at radius 1 is 0.862 bits per heavy atom. The minimum absolute atomic E-state index is 0.190. The molecule has 0 aromatic heterocycles. The van der Waals surface area contributed by atoms with Crippen molar-refractivity contribution in [3.8, 4) is 5.75 Å². The Bertz CT molecular complexity index is 844. The van der Waals surface area contributed by atoms with Gasteiger partial charge in [0, 0.05) is 43.6 Å². The van der Waals surface area contributed by atoms with E-state index in [0.717, 1.165) is 75.2 Å². The number of quaternary nitrogens is 1. The zero-order valence-electron chi connectivity index (χ0n) is 16.8. The molecule has 8 heteroatoms. The highest BCUT2D eigenvalue weighted by Crippen LogP contribution is 2.34. The topological polar surface area (TPSA) is 78.7 Å². The third-order valence-corrected chi connectivity index (χ3v) is 5.79. The fraction of sp³-hybridized carbons (Fsp3) is 0.429. The van der Waals surface area contributed by atoms with Gasteiger partial charge in [-0.15, -0.1) is 0 Å². The zero-order valence-corrected chi connectivity index (χ0v) is 16.8. The lowest BCUT2D eigenvalue weighted by Crippen LogP contribution is -2.89. The van der Waals surface area contributed by atoms with Crippen molar-refractivity contribution in [2.45, 2.75) is 0 Å². The Morgan fingerprint density at radius 2 is 1.45 bits per heavy atom. The third kappa shape index (κ3) is 4.22. The van der Waals surface area contributed by atoms with Gasteiger partial charge < -0.3 is 24.8 Å². The SMILES string of the molecule is COc1ccc(N2CCN(c3cc(N4CC[NH2+]CC4)ccc3[N+](=O)[O-])CC2)cc1. The molecule has 154 valence electrons. The second-order valence-corrected chi connectivity index (χ2v) is 7.46. The van der Waals surface area contributed by atoms with Gasteiger partial charge in [-0.2, -0.15) is 0 Å². The standard InChI is InChI=1S/C21H27N5O3/c1-29-19-5-2-17(3-6-19)24-12-14-25(15-13-24)21-16-18(4-7-20(21)26(27)28)23-10-8-22-9-11-23/h2-7,16,22H,8-15H2,1H3/p+1. The summed E-state index contributed by atoms with van der Waals surface area (Å²) in [6.45, 7) is 7.23. The number of anilines is 3. The number of nitro benzene ring substituents is 1. The number of piperazine rings is 2. The Balaban J connectivity index is 1.50. The van der Waals surface area contributed by atoms with E-state index in [1.165, 1.54) is 0 Å². The smallest absolute Gasteiger partial charge is 0.292 e. The summed E-state index contributed by atoms with van der Waals surface area (Å²) in [7, 11) is 1.66. The van der Waals surface area contributed by atoms with E-state index in [1.54, 1.807) is 13.2 Å². The summed E-state index contributed by atoms with van der Waals surface area (Å²) < 4.78 is 5.23.